The third kappa shape index (κ3) is 4.27. The number of thiophene rings is 1. The highest BCUT2D eigenvalue weighted by atomic mass is 32.1. The van der Waals surface area contributed by atoms with Gasteiger partial charge in [-0.05, 0) is 42.8 Å². The zero-order valence-electron chi connectivity index (χ0n) is 16.5. The first-order chi connectivity index (χ1) is 14.2. The minimum absolute atomic E-state index is 0.0617. The zero-order valence-corrected chi connectivity index (χ0v) is 17.3. The van der Waals surface area contributed by atoms with E-state index in [1.807, 2.05) is 59.7 Å². The predicted octanol–water partition coefficient (Wildman–Crippen LogP) is 3.59. The van der Waals surface area contributed by atoms with E-state index in [0.717, 1.165) is 29.2 Å². The average Bonchev–Trinajstić information content (AvgIpc) is 3.37. The van der Waals surface area contributed by atoms with Gasteiger partial charge in [0.1, 0.15) is 5.82 Å². The van der Waals surface area contributed by atoms with E-state index in [1.54, 1.807) is 9.25 Å². The van der Waals surface area contributed by atoms with E-state index in [-0.39, 0.29) is 17.6 Å². The van der Waals surface area contributed by atoms with E-state index >= 15 is 0 Å². The van der Waals surface area contributed by atoms with Crippen LogP contribution in [0.15, 0.2) is 52.6 Å². The summed E-state index contributed by atoms with van der Waals surface area (Å²) in [6.07, 6.45) is 1.61. The molecule has 3 aromatic rings. The molecule has 3 heterocycles. The highest BCUT2D eigenvalue weighted by molar-refractivity contribution is 7.14. The molecule has 152 valence electrons. The summed E-state index contributed by atoms with van der Waals surface area (Å²) < 4.78 is 3.33. The molecule has 0 spiro atoms. The van der Waals surface area contributed by atoms with Crippen molar-refractivity contribution in [3.8, 4) is 0 Å². The quantitative estimate of drug-likeness (QED) is 0.697. The minimum atomic E-state index is -0.0655. The van der Waals surface area contributed by atoms with E-state index in [0.29, 0.717) is 26.2 Å². The van der Waals surface area contributed by atoms with Gasteiger partial charge in [0.05, 0.1) is 11.5 Å². The van der Waals surface area contributed by atoms with Crippen LogP contribution >= 0.6 is 11.3 Å². The molecule has 0 saturated carbocycles. The monoisotopic (exact) mass is 411 g/mol. The Kier molecular flexibility index (Phi) is 5.80. The molecule has 7 nitrogen and oxygen atoms in total. The van der Waals surface area contributed by atoms with E-state index in [1.165, 1.54) is 11.3 Å². The molecule has 29 heavy (non-hydrogen) atoms. The number of amides is 2. The van der Waals surface area contributed by atoms with Crippen LogP contribution in [0.3, 0.4) is 0 Å². The molecular formula is C21H25N5O2S. The summed E-state index contributed by atoms with van der Waals surface area (Å²) in [6.45, 7) is 4.36. The first-order valence-electron chi connectivity index (χ1n) is 9.96. The molecule has 1 N–H and O–H groups in total. The van der Waals surface area contributed by atoms with Crippen LogP contribution in [0.4, 0.5) is 9.80 Å². The van der Waals surface area contributed by atoms with Gasteiger partial charge in [-0.2, -0.15) is 5.10 Å². The number of rotatable bonds is 5. The summed E-state index contributed by atoms with van der Waals surface area (Å²) in [4.78, 5) is 27.1. The molecule has 2 amide bonds. The molecule has 2 aromatic heterocycles. The van der Waals surface area contributed by atoms with Crippen LogP contribution in [0.2, 0.25) is 0 Å². The van der Waals surface area contributed by atoms with Crippen LogP contribution in [-0.2, 0) is 13.1 Å². The van der Waals surface area contributed by atoms with Gasteiger partial charge in [0.2, 0.25) is 0 Å². The normalized spacial score (nSPS) is 14.9. The molecule has 0 atom stereocenters. The van der Waals surface area contributed by atoms with Crippen molar-refractivity contribution in [3.05, 3.63) is 69.7 Å². The Hall–Kier alpha value is -2.87. The third-order valence-corrected chi connectivity index (χ3v) is 6.13. The van der Waals surface area contributed by atoms with Crippen molar-refractivity contribution in [1.29, 1.82) is 0 Å². The molecule has 1 saturated heterocycles. The Morgan fingerprint density at radius 1 is 1.17 bits per heavy atom. The predicted molar refractivity (Wildman–Crippen MR) is 115 cm³/mol. The van der Waals surface area contributed by atoms with Gasteiger partial charge in [0, 0.05) is 25.6 Å². The van der Waals surface area contributed by atoms with E-state index in [2.05, 4.69) is 10.4 Å². The largest absolute Gasteiger partial charge is 0.346 e. The van der Waals surface area contributed by atoms with Gasteiger partial charge >= 0.3 is 11.7 Å². The number of carbonyl (C=O) groups excluding carboxylic acids is 1. The number of nitrogens with one attached hydrogen (secondary N) is 1. The molecule has 1 aliphatic heterocycles. The fourth-order valence-corrected chi connectivity index (χ4v) is 4.40. The number of anilines is 1. The molecule has 0 bridgehead atoms. The Morgan fingerprint density at radius 3 is 2.59 bits per heavy atom. The standard InChI is InChI=1S/C21H25N5O2S/c1-2-25-19(23-26(21(25)28)15-16-7-4-3-5-8-16)17-10-12-24(13-11-17)20(27)22-18-9-6-14-29-18/h3-9,14,17H,2,10-13,15H2,1H3,(H,22,27). The van der Waals surface area contributed by atoms with Crippen molar-refractivity contribution < 1.29 is 4.79 Å². The molecule has 0 unspecified atom stereocenters. The Labute approximate surface area is 173 Å². The van der Waals surface area contributed by atoms with Crippen molar-refractivity contribution in [2.24, 2.45) is 0 Å². The zero-order chi connectivity index (χ0) is 20.2. The second kappa shape index (κ2) is 8.65. The van der Waals surface area contributed by atoms with E-state index in [9.17, 15) is 9.59 Å². The molecule has 1 fully saturated rings. The summed E-state index contributed by atoms with van der Waals surface area (Å²) in [5.41, 5.74) is 0.992. The Balaban J connectivity index is 1.44. The van der Waals surface area contributed by atoms with Gasteiger partial charge in [-0.1, -0.05) is 30.3 Å². The van der Waals surface area contributed by atoms with Crippen molar-refractivity contribution in [3.63, 3.8) is 0 Å². The summed E-state index contributed by atoms with van der Waals surface area (Å²) in [5.74, 6) is 1.03. The van der Waals surface area contributed by atoms with Crippen LogP contribution in [0, 0.1) is 0 Å². The van der Waals surface area contributed by atoms with Crippen molar-refractivity contribution >= 4 is 22.4 Å². The van der Waals surface area contributed by atoms with Crippen LogP contribution in [-0.4, -0.2) is 38.4 Å². The van der Waals surface area contributed by atoms with Crippen molar-refractivity contribution in [2.75, 3.05) is 18.4 Å². The first kappa shape index (κ1) is 19.4. The lowest BCUT2D eigenvalue weighted by Gasteiger charge is -2.31. The highest BCUT2D eigenvalue weighted by Crippen LogP contribution is 2.27. The van der Waals surface area contributed by atoms with Crippen molar-refractivity contribution in [2.45, 2.75) is 38.8 Å². The number of likely N-dealkylation sites (tertiary alicyclic amines) is 1. The fourth-order valence-electron chi connectivity index (χ4n) is 3.79. The summed E-state index contributed by atoms with van der Waals surface area (Å²) >= 11 is 1.51. The second-order valence-electron chi connectivity index (χ2n) is 7.20. The molecule has 8 heteroatoms. The number of hydrogen-bond donors (Lipinski definition) is 1. The summed E-state index contributed by atoms with van der Waals surface area (Å²) in [6, 6.07) is 13.7. The minimum Gasteiger partial charge on any atom is -0.324 e. The number of nitrogens with zero attached hydrogens (tertiary/aromatic N) is 4. The van der Waals surface area contributed by atoms with Gasteiger partial charge in [-0.25, -0.2) is 14.3 Å². The van der Waals surface area contributed by atoms with Gasteiger partial charge in [-0.15, -0.1) is 11.3 Å². The average molecular weight is 412 g/mol. The van der Waals surface area contributed by atoms with Crippen LogP contribution in [0.25, 0.3) is 0 Å². The molecule has 0 aliphatic carbocycles. The van der Waals surface area contributed by atoms with Crippen LogP contribution in [0.5, 0.6) is 0 Å². The molecule has 1 aromatic carbocycles. The summed E-state index contributed by atoms with van der Waals surface area (Å²) in [7, 11) is 0. The lowest BCUT2D eigenvalue weighted by atomic mass is 9.96. The molecule has 1 aliphatic rings. The third-order valence-electron chi connectivity index (χ3n) is 5.34. The van der Waals surface area contributed by atoms with Crippen LogP contribution < -0.4 is 11.0 Å². The molecule has 0 radical (unpaired) electrons. The molecule has 4 rings (SSSR count). The first-order valence-corrected chi connectivity index (χ1v) is 10.8. The lowest BCUT2D eigenvalue weighted by molar-refractivity contribution is 0.193. The van der Waals surface area contributed by atoms with E-state index < -0.39 is 0 Å². The molecular weight excluding hydrogens is 386 g/mol. The number of carbonyl (C=O) groups is 1. The van der Waals surface area contributed by atoms with Crippen LogP contribution in [0.1, 0.15) is 37.1 Å². The number of benzene rings is 1. The smallest absolute Gasteiger partial charge is 0.324 e. The van der Waals surface area contributed by atoms with E-state index in [4.69, 9.17) is 0 Å². The Bertz CT molecular complexity index is 1000. The van der Waals surface area contributed by atoms with Gasteiger partial charge in [-0.3, -0.25) is 9.88 Å². The second-order valence-corrected chi connectivity index (χ2v) is 8.14. The lowest BCUT2D eigenvalue weighted by Crippen LogP contribution is -2.41. The summed E-state index contributed by atoms with van der Waals surface area (Å²) in [5, 5.41) is 10.4. The number of aromatic nitrogens is 3. The highest BCUT2D eigenvalue weighted by Gasteiger charge is 2.28. The maximum absolute atomic E-state index is 12.8. The Morgan fingerprint density at radius 2 is 1.93 bits per heavy atom. The number of hydrogen-bond acceptors (Lipinski definition) is 4. The van der Waals surface area contributed by atoms with Crippen molar-refractivity contribution in [1.82, 2.24) is 19.2 Å². The van der Waals surface area contributed by atoms with Gasteiger partial charge in [0.15, 0.2) is 0 Å². The maximum atomic E-state index is 12.8. The number of piperidine rings is 1. The SMILES string of the molecule is CCn1c(C2CCN(C(=O)Nc3cccs3)CC2)nn(Cc2ccccc2)c1=O. The maximum Gasteiger partial charge on any atom is 0.346 e. The fraction of sp³-hybridized carbons (Fsp3) is 0.381. The number of urea groups is 1. The van der Waals surface area contributed by atoms with Gasteiger partial charge < -0.3 is 4.90 Å². The topological polar surface area (TPSA) is 72.2 Å². The van der Waals surface area contributed by atoms with Gasteiger partial charge in [0.25, 0.3) is 0 Å².